The molecule has 1 aromatic heterocycles. The lowest BCUT2D eigenvalue weighted by molar-refractivity contribution is -0.0507. The van der Waals surface area contributed by atoms with Crippen LogP contribution in [0.25, 0.3) is 11.1 Å². The van der Waals surface area contributed by atoms with E-state index in [4.69, 9.17) is 4.74 Å². The number of anilines is 2. The highest BCUT2D eigenvalue weighted by molar-refractivity contribution is 7.91. The van der Waals surface area contributed by atoms with Crippen LogP contribution in [0.1, 0.15) is 31.1 Å². The van der Waals surface area contributed by atoms with E-state index in [9.17, 15) is 17.9 Å². The zero-order chi connectivity index (χ0) is 23.4. The van der Waals surface area contributed by atoms with Gasteiger partial charge in [0.25, 0.3) is 0 Å². The number of hydrogen-bond donors (Lipinski definition) is 1. The molecule has 2 aliphatic rings. The Morgan fingerprint density at radius 3 is 2.52 bits per heavy atom. The second kappa shape index (κ2) is 7.86. The summed E-state index contributed by atoms with van der Waals surface area (Å²) < 4.78 is 44.9. The van der Waals surface area contributed by atoms with Crippen molar-refractivity contribution in [3.8, 4) is 11.1 Å². The van der Waals surface area contributed by atoms with E-state index in [1.807, 2.05) is 11.0 Å². The summed E-state index contributed by atoms with van der Waals surface area (Å²) >= 11 is 0. The summed E-state index contributed by atoms with van der Waals surface area (Å²) in [6.45, 7) is 4.91. The van der Waals surface area contributed by atoms with Crippen LogP contribution < -0.4 is 4.90 Å². The number of halogens is 1. The van der Waals surface area contributed by atoms with Gasteiger partial charge in [-0.1, -0.05) is 19.1 Å². The number of ether oxygens (including phenoxy) is 1. The summed E-state index contributed by atoms with van der Waals surface area (Å²) in [6.07, 6.45) is 2.36. The Kier molecular flexibility index (Phi) is 5.23. The lowest BCUT2D eigenvalue weighted by atomic mass is 9.81. The number of aliphatic hydroxyl groups excluding tert-OH is 1. The number of fused-ring (bicyclic) bond motifs is 2. The quantitative estimate of drug-likeness (QED) is 0.611. The monoisotopic (exact) mass is 469 g/mol. The van der Waals surface area contributed by atoms with Crippen LogP contribution in [0, 0.1) is 5.82 Å². The van der Waals surface area contributed by atoms with Crippen molar-refractivity contribution in [1.82, 2.24) is 9.97 Å². The molecule has 1 N–H and O–H groups in total. The molecule has 9 heteroatoms. The summed E-state index contributed by atoms with van der Waals surface area (Å²) in [7, 11) is -3.37. The third-order valence-corrected chi connectivity index (χ3v) is 8.18. The number of benzene rings is 2. The molecule has 1 saturated heterocycles. The second-order valence-electron chi connectivity index (χ2n) is 8.63. The molecule has 0 unspecified atom stereocenters. The molecule has 2 aliphatic heterocycles. The zero-order valence-corrected chi connectivity index (χ0v) is 19.1. The summed E-state index contributed by atoms with van der Waals surface area (Å²) in [5.74, 6) is -0.00773. The van der Waals surface area contributed by atoms with Crippen molar-refractivity contribution in [2.45, 2.75) is 30.3 Å². The normalized spacial score (nSPS) is 17.6. The summed E-state index contributed by atoms with van der Waals surface area (Å²) in [6, 6.07) is 9.66. The summed E-state index contributed by atoms with van der Waals surface area (Å²) in [4.78, 5) is 11.1. The van der Waals surface area contributed by atoms with Gasteiger partial charge in [-0.2, -0.15) is 0 Å². The van der Waals surface area contributed by atoms with Crippen LogP contribution in [0.15, 0.2) is 53.7 Å². The van der Waals surface area contributed by atoms with Gasteiger partial charge in [-0.15, -0.1) is 0 Å². The van der Waals surface area contributed by atoms with Crippen molar-refractivity contribution in [3.63, 3.8) is 0 Å². The largest absolute Gasteiger partial charge is 0.389 e. The predicted octanol–water partition coefficient (Wildman–Crippen LogP) is 3.55. The van der Waals surface area contributed by atoms with Gasteiger partial charge in [-0.05, 0) is 42.3 Å². The fourth-order valence-corrected chi connectivity index (χ4v) is 5.31. The average molecular weight is 470 g/mol. The number of aromatic nitrogens is 2. The van der Waals surface area contributed by atoms with Crippen molar-refractivity contribution in [2.24, 2.45) is 0 Å². The number of aliphatic hydroxyl groups is 1. The van der Waals surface area contributed by atoms with Gasteiger partial charge in [0.05, 0.1) is 35.4 Å². The lowest BCUT2D eigenvalue weighted by Gasteiger charge is -2.38. The molecule has 3 heterocycles. The van der Waals surface area contributed by atoms with Crippen LogP contribution in [0.3, 0.4) is 0 Å². The third kappa shape index (κ3) is 3.60. The molecule has 1 fully saturated rings. The number of rotatable bonds is 5. The molecule has 5 rings (SSSR count). The molecule has 1 spiro atoms. The summed E-state index contributed by atoms with van der Waals surface area (Å²) in [5, 5.41) is 9.83. The zero-order valence-electron chi connectivity index (χ0n) is 18.3. The Morgan fingerprint density at radius 1 is 1.18 bits per heavy atom. The highest BCUT2D eigenvalue weighted by Crippen LogP contribution is 2.48. The Bertz CT molecular complexity index is 1320. The van der Waals surface area contributed by atoms with E-state index in [2.05, 4.69) is 9.97 Å². The third-order valence-electron chi connectivity index (χ3n) is 6.45. The standard InChI is InChI=1S/C24H24FN3O4S/c1-3-33(30,31)18-5-6-20-22(9-18)28(12-24(20)13-32-14-24)23-26-10-17(11-27-23)19-8-16(15(2)29)4-7-21(19)25/h4-11,15,29H,3,12-14H2,1-2H3/t15-/m1/s1. The first-order valence-corrected chi connectivity index (χ1v) is 12.4. The Morgan fingerprint density at radius 2 is 1.91 bits per heavy atom. The van der Waals surface area contributed by atoms with Gasteiger partial charge in [-0.25, -0.2) is 22.8 Å². The molecule has 0 aliphatic carbocycles. The molecular formula is C24H24FN3O4S. The first-order valence-electron chi connectivity index (χ1n) is 10.8. The van der Waals surface area contributed by atoms with Gasteiger partial charge >= 0.3 is 0 Å². The fourth-order valence-electron chi connectivity index (χ4n) is 4.41. The molecular weight excluding hydrogens is 445 g/mol. The van der Waals surface area contributed by atoms with Crippen LogP contribution in [0.4, 0.5) is 16.0 Å². The van der Waals surface area contributed by atoms with Gasteiger partial charge in [0.2, 0.25) is 5.95 Å². The first-order chi connectivity index (χ1) is 15.7. The fraction of sp³-hybridized carbons (Fsp3) is 0.333. The molecule has 0 bridgehead atoms. The second-order valence-corrected chi connectivity index (χ2v) is 10.9. The highest BCUT2D eigenvalue weighted by atomic mass is 32.2. The van der Waals surface area contributed by atoms with Gasteiger partial charge in [-0.3, -0.25) is 0 Å². The predicted molar refractivity (Wildman–Crippen MR) is 122 cm³/mol. The van der Waals surface area contributed by atoms with Crippen LogP contribution in [-0.4, -0.2) is 49.0 Å². The Balaban J connectivity index is 1.54. The van der Waals surface area contributed by atoms with Gasteiger partial charge in [0.1, 0.15) is 5.82 Å². The molecule has 7 nitrogen and oxygen atoms in total. The maximum atomic E-state index is 14.4. The van der Waals surface area contributed by atoms with Crippen LogP contribution in [0.5, 0.6) is 0 Å². The van der Waals surface area contributed by atoms with E-state index < -0.39 is 21.8 Å². The minimum atomic E-state index is -3.37. The number of hydrogen-bond acceptors (Lipinski definition) is 7. The molecule has 0 radical (unpaired) electrons. The van der Waals surface area contributed by atoms with Crippen LogP contribution in [-0.2, 0) is 20.0 Å². The minimum Gasteiger partial charge on any atom is -0.389 e. The van der Waals surface area contributed by atoms with E-state index in [0.717, 1.165) is 11.3 Å². The minimum absolute atomic E-state index is 0.0162. The topological polar surface area (TPSA) is 92.6 Å². The highest BCUT2D eigenvalue weighted by Gasteiger charge is 2.49. The smallest absolute Gasteiger partial charge is 0.229 e. The Labute approximate surface area is 191 Å². The molecule has 0 amide bonds. The van der Waals surface area contributed by atoms with Gasteiger partial charge in [0.15, 0.2) is 9.84 Å². The number of nitrogens with zero attached hydrogens (tertiary/aromatic N) is 3. The van der Waals surface area contributed by atoms with Crippen molar-refractivity contribution < 1.29 is 22.7 Å². The van der Waals surface area contributed by atoms with E-state index in [-0.39, 0.29) is 16.1 Å². The maximum Gasteiger partial charge on any atom is 0.229 e. The molecule has 2 aromatic carbocycles. The van der Waals surface area contributed by atoms with Gasteiger partial charge in [0, 0.05) is 35.8 Å². The molecule has 1 atom stereocenters. The van der Waals surface area contributed by atoms with Crippen molar-refractivity contribution in [3.05, 3.63) is 65.7 Å². The average Bonchev–Trinajstić information content (AvgIpc) is 3.15. The molecule has 0 saturated carbocycles. The molecule has 3 aromatic rings. The lowest BCUT2D eigenvalue weighted by Crippen LogP contribution is -2.49. The van der Waals surface area contributed by atoms with E-state index in [1.165, 1.54) is 6.07 Å². The van der Waals surface area contributed by atoms with Gasteiger partial charge < -0.3 is 14.7 Å². The van der Waals surface area contributed by atoms with Crippen molar-refractivity contribution in [1.29, 1.82) is 0 Å². The van der Waals surface area contributed by atoms with E-state index in [1.54, 1.807) is 50.5 Å². The molecule has 172 valence electrons. The van der Waals surface area contributed by atoms with Crippen molar-refractivity contribution >= 4 is 21.5 Å². The Hall–Kier alpha value is -2.88. The SMILES string of the molecule is CCS(=O)(=O)c1ccc2c(c1)N(c1ncc(-c3cc([C@@H](C)O)ccc3F)cn1)CC21COC1. The van der Waals surface area contributed by atoms with Crippen molar-refractivity contribution in [2.75, 3.05) is 30.4 Å². The summed E-state index contributed by atoms with van der Waals surface area (Å²) in [5.41, 5.74) is 2.95. The van der Waals surface area contributed by atoms with E-state index >= 15 is 0 Å². The first kappa shape index (κ1) is 21.9. The van der Waals surface area contributed by atoms with E-state index in [0.29, 0.717) is 42.4 Å². The molecule has 33 heavy (non-hydrogen) atoms. The van der Waals surface area contributed by atoms with Crippen LogP contribution >= 0.6 is 0 Å². The maximum absolute atomic E-state index is 14.4. The number of sulfone groups is 1. The van der Waals surface area contributed by atoms with Crippen LogP contribution in [0.2, 0.25) is 0 Å².